The van der Waals surface area contributed by atoms with E-state index in [2.05, 4.69) is 34.3 Å². The molecule has 1 aliphatic rings. The van der Waals surface area contributed by atoms with Gasteiger partial charge in [0.05, 0.1) is 0 Å². The monoisotopic (exact) mass is 195 g/mol. The van der Waals surface area contributed by atoms with E-state index in [4.69, 9.17) is 0 Å². The Balaban J connectivity index is 2.93. The van der Waals surface area contributed by atoms with Crippen LogP contribution >= 0.6 is 0 Å². The molecule has 2 heteroatoms. The van der Waals surface area contributed by atoms with Gasteiger partial charge in [0, 0.05) is 13.0 Å². The summed E-state index contributed by atoms with van der Waals surface area (Å²) >= 11 is 0. The van der Waals surface area contributed by atoms with Crippen LogP contribution in [0.15, 0.2) is 12.8 Å². The van der Waals surface area contributed by atoms with Gasteiger partial charge in [-0.15, -0.1) is 0 Å². The molecule has 0 radical (unpaired) electrons. The van der Waals surface area contributed by atoms with E-state index in [0.29, 0.717) is 6.42 Å². The fraction of sp³-hybridized carbons (Fsp3) is 0.750. The van der Waals surface area contributed by atoms with Crippen molar-refractivity contribution in [2.75, 3.05) is 6.54 Å². The first-order valence-electron chi connectivity index (χ1n) is 5.18. The number of nitrogens with zero attached hydrogens (tertiary/aromatic N) is 1. The molecule has 0 aliphatic carbocycles. The molecule has 0 aromatic carbocycles. The van der Waals surface area contributed by atoms with Crippen molar-refractivity contribution in [1.82, 2.24) is 4.90 Å². The van der Waals surface area contributed by atoms with Gasteiger partial charge in [0.1, 0.15) is 0 Å². The molecule has 2 nitrogen and oxygen atoms in total. The molecule has 80 valence electrons. The third-order valence-corrected chi connectivity index (χ3v) is 2.73. The third kappa shape index (κ3) is 2.60. The molecule has 0 aromatic rings. The molecule has 0 aromatic heterocycles. The number of likely N-dealkylation sites (tertiary alicyclic amines) is 1. The van der Waals surface area contributed by atoms with Crippen molar-refractivity contribution in [3.63, 3.8) is 0 Å². The summed E-state index contributed by atoms with van der Waals surface area (Å²) < 4.78 is 0. The van der Waals surface area contributed by atoms with Gasteiger partial charge in [-0.1, -0.05) is 34.3 Å². The largest absolute Gasteiger partial charge is 0.319 e. The van der Waals surface area contributed by atoms with E-state index < -0.39 is 0 Å². The Bertz CT molecular complexity index is 253. The maximum atomic E-state index is 11.8. The highest BCUT2D eigenvalue weighted by molar-refractivity contribution is 5.78. The van der Waals surface area contributed by atoms with Gasteiger partial charge < -0.3 is 4.90 Å². The molecule has 14 heavy (non-hydrogen) atoms. The average molecular weight is 195 g/mol. The summed E-state index contributed by atoms with van der Waals surface area (Å²) in [6.07, 6.45) is 3.37. The Kier molecular flexibility index (Phi) is 2.75. The van der Waals surface area contributed by atoms with Gasteiger partial charge in [-0.3, -0.25) is 4.79 Å². The summed E-state index contributed by atoms with van der Waals surface area (Å²) in [5, 5.41) is 0. The van der Waals surface area contributed by atoms with Gasteiger partial charge in [-0.05, 0) is 23.5 Å². The number of rotatable bonds is 1. The molecule has 1 rings (SSSR count). The molecule has 0 saturated carbocycles. The predicted molar refractivity (Wildman–Crippen MR) is 58.7 cm³/mol. The lowest BCUT2D eigenvalue weighted by molar-refractivity contribution is -0.129. The van der Waals surface area contributed by atoms with Crippen molar-refractivity contribution in [3.05, 3.63) is 12.8 Å². The molecule has 0 spiro atoms. The average Bonchev–Trinajstić information content (AvgIpc) is 2.02. The van der Waals surface area contributed by atoms with Gasteiger partial charge in [0.15, 0.2) is 0 Å². The molecule has 1 saturated heterocycles. The first-order chi connectivity index (χ1) is 6.26. The van der Waals surface area contributed by atoms with Crippen LogP contribution in [-0.4, -0.2) is 17.4 Å². The normalized spacial score (nSPS) is 25.7. The maximum absolute atomic E-state index is 11.8. The van der Waals surface area contributed by atoms with Crippen molar-refractivity contribution in [2.45, 2.75) is 40.5 Å². The molecule has 1 heterocycles. The second kappa shape index (κ2) is 3.41. The van der Waals surface area contributed by atoms with Crippen LogP contribution in [0, 0.1) is 10.8 Å². The van der Waals surface area contributed by atoms with Crippen molar-refractivity contribution in [2.24, 2.45) is 10.8 Å². The summed E-state index contributed by atoms with van der Waals surface area (Å²) in [7, 11) is 0. The Morgan fingerprint density at radius 2 is 1.86 bits per heavy atom. The first-order valence-corrected chi connectivity index (χ1v) is 5.18. The predicted octanol–water partition coefficient (Wildman–Crippen LogP) is 2.80. The zero-order valence-electron chi connectivity index (χ0n) is 9.76. The molecular formula is C12H21NO. The van der Waals surface area contributed by atoms with E-state index in [0.717, 1.165) is 13.0 Å². The van der Waals surface area contributed by atoms with Crippen LogP contribution in [0.3, 0.4) is 0 Å². The lowest BCUT2D eigenvalue weighted by atomic mass is 9.74. The molecule has 0 atom stereocenters. The summed E-state index contributed by atoms with van der Waals surface area (Å²) in [5.74, 6) is 0.204. The Morgan fingerprint density at radius 1 is 1.29 bits per heavy atom. The van der Waals surface area contributed by atoms with Gasteiger partial charge in [-0.2, -0.15) is 0 Å². The summed E-state index contributed by atoms with van der Waals surface area (Å²) in [6, 6.07) is 0. The van der Waals surface area contributed by atoms with Crippen LogP contribution < -0.4 is 0 Å². The second-order valence-electron chi connectivity index (χ2n) is 5.89. The van der Waals surface area contributed by atoms with E-state index in [1.165, 1.54) is 0 Å². The number of amides is 1. The highest BCUT2D eigenvalue weighted by atomic mass is 16.2. The van der Waals surface area contributed by atoms with Crippen molar-refractivity contribution in [3.8, 4) is 0 Å². The van der Waals surface area contributed by atoms with Crippen LogP contribution in [-0.2, 0) is 4.79 Å². The maximum Gasteiger partial charge on any atom is 0.227 e. The molecule has 1 amide bonds. The minimum Gasteiger partial charge on any atom is -0.319 e. The van der Waals surface area contributed by atoms with Crippen LogP contribution in [0.5, 0.6) is 0 Å². The van der Waals surface area contributed by atoms with Gasteiger partial charge in [0.25, 0.3) is 0 Å². The highest BCUT2D eigenvalue weighted by Gasteiger charge is 2.37. The minimum absolute atomic E-state index is 0.109. The summed E-state index contributed by atoms with van der Waals surface area (Å²) in [4.78, 5) is 13.6. The van der Waals surface area contributed by atoms with E-state index in [9.17, 15) is 4.79 Å². The Labute approximate surface area is 87.0 Å². The van der Waals surface area contributed by atoms with Gasteiger partial charge in [0.2, 0.25) is 5.91 Å². The van der Waals surface area contributed by atoms with E-state index >= 15 is 0 Å². The van der Waals surface area contributed by atoms with Crippen LogP contribution in [0.2, 0.25) is 0 Å². The fourth-order valence-corrected chi connectivity index (χ4v) is 2.64. The highest BCUT2D eigenvalue weighted by Crippen LogP contribution is 2.40. The third-order valence-electron chi connectivity index (χ3n) is 2.73. The Hall–Kier alpha value is -0.790. The zero-order valence-corrected chi connectivity index (χ0v) is 9.76. The molecule has 1 aliphatic heterocycles. The van der Waals surface area contributed by atoms with Crippen molar-refractivity contribution in [1.29, 1.82) is 0 Å². The number of carbonyl (C=O) groups is 1. The lowest BCUT2D eigenvalue weighted by Crippen LogP contribution is -2.31. The summed E-state index contributed by atoms with van der Waals surface area (Å²) in [5.41, 5.74) is 0.294. The summed E-state index contributed by atoms with van der Waals surface area (Å²) in [6.45, 7) is 13.2. The molecule has 0 N–H and O–H groups in total. The van der Waals surface area contributed by atoms with Crippen molar-refractivity contribution < 1.29 is 4.79 Å². The van der Waals surface area contributed by atoms with E-state index in [1.807, 2.05) is 0 Å². The zero-order chi connectivity index (χ0) is 11.0. The lowest BCUT2D eigenvalue weighted by Gasteiger charge is -2.31. The Morgan fingerprint density at radius 3 is 2.36 bits per heavy atom. The minimum atomic E-state index is 0.109. The standard InChI is InChI=1S/C12H21NO/c1-6-13-9-12(4,5)8-11(2,3)7-10(13)14/h6H,1,7-9H2,2-5H3. The van der Waals surface area contributed by atoms with E-state index in [1.54, 1.807) is 11.1 Å². The van der Waals surface area contributed by atoms with E-state index in [-0.39, 0.29) is 16.7 Å². The quantitative estimate of drug-likeness (QED) is 0.630. The molecular weight excluding hydrogens is 174 g/mol. The van der Waals surface area contributed by atoms with Gasteiger partial charge in [-0.25, -0.2) is 0 Å². The van der Waals surface area contributed by atoms with Crippen LogP contribution in [0.25, 0.3) is 0 Å². The van der Waals surface area contributed by atoms with Gasteiger partial charge >= 0.3 is 0 Å². The fourth-order valence-electron chi connectivity index (χ4n) is 2.64. The van der Waals surface area contributed by atoms with Crippen LogP contribution in [0.4, 0.5) is 0 Å². The molecule has 0 unspecified atom stereocenters. The number of carbonyl (C=O) groups excluding carboxylic acids is 1. The first kappa shape index (κ1) is 11.3. The smallest absolute Gasteiger partial charge is 0.227 e. The van der Waals surface area contributed by atoms with Crippen LogP contribution in [0.1, 0.15) is 40.5 Å². The number of hydrogen-bond acceptors (Lipinski definition) is 1. The number of hydrogen-bond donors (Lipinski definition) is 0. The second-order valence-corrected chi connectivity index (χ2v) is 5.89. The SMILES string of the molecule is C=CN1CC(C)(C)CC(C)(C)CC1=O. The van der Waals surface area contributed by atoms with Crippen molar-refractivity contribution >= 4 is 5.91 Å². The topological polar surface area (TPSA) is 20.3 Å². The molecule has 0 bridgehead atoms. The molecule has 1 fully saturated rings.